The molecule has 0 aromatic heterocycles. The van der Waals surface area contributed by atoms with Crippen molar-refractivity contribution in [2.75, 3.05) is 25.2 Å². The molecule has 4 heteroatoms. The van der Waals surface area contributed by atoms with Gasteiger partial charge in [0, 0.05) is 18.2 Å². The Morgan fingerprint density at radius 3 is 2.81 bits per heavy atom. The molecule has 0 aromatic rings. The molecular formula is C12H23NO2S. The SMILES string of the molecule is CCSCCC(C)NC/C=C(/C)C(=O)OC. The minimum Gasteiger partial charge on any atom is -0.466 e. The third-order valence-corrected chi connectivity index (χ3v) is 3.21. The molecule has 0 rings (SSSR count). The van der Waals surface area contributed by atoms with E-state index in [0.717, 1.165) is 13.0 Å². The minimum absolute atomic E-state index is 0.254. The van der Waals surface area contributed by atoms with Crippen molar-refractivity contribution in [2.45, 2.75) is 33.2 Å². The maximum atomic E-state index is 11.1. The number of carbonyl (C=O) groups is 1. The van der Waals surface area contributed by atoms with E-state index in [-0.39, 0.29) is 5.97 Å². The Morgan fingerprint density at radius 2 is 2.25 bits per heavy atom. The summed E-state index contributed by atoms with van der Waals surface area (Å²) in [6.07, 6.45) is 3.03. The second-order valence-electron chi connectivity index (χ2n) is 3.67. The molecule has 0 aliphatic heterocycles. The van der Waals surface area contributed by atoms with E-state index in [1.165, 1.54) is 18.6 Å². The standard InChI is InChI=1S/C12H23NO2S/c1-5-16-9-7-11(3)13-8-6-10(2)12(14)15-4/h6,11,13H,5,7-9H2,1-4H3/b10-6-. The molecule has 0 aliphatic rings. The number of hydrogen-bond donors (Lipinski definition) is 1. The van der Waals surface area contributed by atoms with E-state index >= 15 is 0 Å². The van der Waals surface area contributed by atoms with Gasteiger partial charge in [-0.1, -0.05) is 13.0 Å². The Balaban J connectivity index is 3.67. The lowest BCUT2D eigenvalue weighted by Gasteiger charge is -2.11. The van der Waals surface area contributed by atoms with Gasteiger partial charge in [-0.2, -0.15) is 11.8 Å². The lowest BCUT2D eigenvalue weighted by molar-refractivity contribution is -0.136. The normalized spacial score (nSPS) is 13.6. The van der Waals surface area contributed by atoms with Crippen LogP contribution in [-0.2, 0) is 9.53 Å². The Kier molecular flexibility index (Phi) is 9.43. The van der Waals surface area contributed by atoms with Crippen molar-refractivity contribution in [3.05, 3.63) is 11.6 Å². The number of methoxy groups -OCH3 is 1. The van der Waals surface area contributed by atoms with Crippen LogP contribution in [0.3, 0.4) is 0 Å². The molecular weight excluding hydrogens is 222 g/mol. The van der Waals surface area contributed by atoms with E-state index in [4.69, 9.17) is 0 Å². The molecule has 0 radical (unpaired) electrons. The smallest absolute Gasteiger partial charge is 0.333 e. The molecule has 0 aromatic carbocycles. The molecule has 1 unspecified atom stereocenters. The van der Waals surface area contributed by atoms with Crippen molar-refractivity contribution in [2.24, 2.45) is 0 Å². The first-order valence-corrected chi connectivity index (χ1v) is 6.83. The van der Waals surface area contributed by atoms with Gasteiger partial charge < -0.3 is 10.1 Å². The Morgan fingerprint density at radius 1 is 1.56 bits per heavy atom. The van der Waals surface area contributed by atoms with Gasteiger partial charge >= 0.3 is 5.97 Å². The van der Waals surface area contributed by atoms with Crippen LogP contribution in [-0.4, -0.2) is 37.2 Å². The zero-order valence-corrected chi connectivity index (χ0v) is 11.5. The average Bonchev–Trinajstić information content (AvgIpc) is 2.28. The third-order valence-electron chi connectivity index (χ3n) is 2.28. The summed E-state index contributed by atoms with van der Waals surface area (Å²) in [5.41, 5.74) is 0.658. The van der Waals surface area contributed by atoms with E-state index in [1.807, 2.05) is 17.8 Å². The summed E-state index contributed by atoms with van der Waals surface area (Å²) in [6, 6.07) is 0.487. The first-order valence-electron chi connectivity index (χ1n) is 5.68. The van der Waals surface area contributed by atoms with Gasteiger partial charge in [0.25, 0.3) is 0 Å². The van der Waals surface area contributed by atoms with Crippen LogP contribution in [0.5, 0.6) is 0 Å². The predicted octanol–water partition coefficient (Wildman–Crippen LogP) is 2.23. The highest BCUT2D eigenvalue weighted by Crippen LogP contribution is 2.03. The molecule has 0 aliphatic carbocycles. The van der Waals surface area contributed by atoms with Crippen molar-refractivity contribution in [3.8, 4) is 0 Å². The van der Waals surface area contributed by atoms with Crippen molar-refractivity contribution in [3.63, 3.8) is 0 Å². The van der Waals surface area contributed by atoms with Gasteiger partial charge in [0.15, 0.2) is 0 Å². The molecule has 0 spiro atoms. The van der Waals surface area contributed by atoms with Gasteiger partial charge in [-0.15, -0.1) is 0 Å². The van der Waals surface area contributed by atoms with Crippen molar-refractivity contribution < 1.29 is 9.53 Å². The first kappa shape index (κ1) is 15.5. The number of carbonyl (C=O) groups excluding carboxylic acids is 1. The van der Waals surface area contributed by atoms with Gasteiger partial charge in [-0.3, -0.25) is 0 Å². The third kappa shape index (κ3) is 7.77. The maximum absolute atomic E-state index is 11.1. The highest BCUT2D eigenvalue weighted by atomic mass is 32.2. The van der Waals surface area contributed by atoms with Crippen molar-refractivity contribution >= 4 is 17.7 Å². The maximum Gasteiger partial charge on any atom is 0.333 e. The summed E-state index contributed by atoms with van der Waals surface area (Å²) < 4.78 is 4.61. The molecule has 0 heterocycles. The van der Waals surface area contributed by atoms with E-state index in [1.54, 1.807) is 6.92 Å². The van der Waals surface area contributed by atoms with E-state index in [2.05, 4.69) is 23.9 Å². The van der Waals surface area contributed by atoms with Crippen LogP contribution < -0.4 is 5.32 Å². The predicted molar refractivity (Wildman–Crippen MR) is 70.9 cm³/mol. The molecule has 1 atom stereocenters. The van der Waals surface area contributed by atoms with Crippen LogP contribution in [0, 0.1) is 0 Å². The second kappa shape index (κ2) is 9.73. The van der Waals surface area contributed by atoms with Gasteiger partial charge in [-0.25, -0.2) is 4.79 Å². The van der Waals surface area contributed by atoms with Gasteiger partial charge in [0.05, 0.1) is 7.11 Å². The zero-order valence-electron chi connectivity index (χ0n) is 10.7. The number of esters is 1. The molecule has 94 valence electrons. The number of nitrogens with one attached hydrogen (secondary N) is 1. The molecule has 16 heavy (non-hydrogen) atoms. The van der Waals surface area contributed by atoms with E-state index < -0.39 is 0 Å². The molecule has 0 bridgehead atoms. The Labute approximate surface area is 103 Å². The summed E-state index contributed by atoms with van der Waals surface area (Å²) in [6.45, 7) is 6.83. The van der Waals surface area contributed by atoms with Gasteiger partial charge in [0.1, 0.15) is 0 Å². The van der Waals surface area contributed by atoms with Crippen LogP contribution in [0.1, 0.15) is 27.2 Å². The summed E-state index contributed by atoms with van der Waals surface area (Å²) in [7, 11) is 1.40. The fourth-order valence-corrected chi connectivity index (χ4v) is 1.97. The van der Waals surface area contributed by atoms with Crippen LogP contribution in [0.15, 0.2) is 11.6 Å². The van der Waals surface area contributed by atoms with E-state index in [0.29, 0.717) is 11.6 Å². The van der Waals surface area contributed by atoms with Crippen molar-refractivity contribution in [1.29, 1.82) is 0 Å². The van der Waals surface area contributed by atoms with E-state index in [9.17, 15) is 4.79 Å². The molecule has 0 amide bonds. The van der Waals surface area contributed by atoms with Crippen molar-refractivity contribution in [1.82, 2.24) is 5.32 Å². The second-order valence-corrected chi connectivity index (χ2v) is 5.07. The van der Waals surface area contributed by atoms with Gasteiger partial charge in [0.2, 0.25) is 0 Å². The van der Waals surface area contributed by atoms with Gasteiger partial charge in [-0.05, 0) is 31.8 Å². The summed E-state index contributed by atoms with van der Waals surface area (Å²) >= 11 is 1.96. The molecule has 1 N–H and O–H groups in total. The van der Waals surface area contributed by atoms with Crippen LogP contribution in [0.4, 0.5) is 0 Å². The topological polar surface area (TPSA) is 38.3 Å². The highest BCUT2D eigenvalue weighted by molar-refractivity contribution is 7.99. The summed E-state index contributed by atoms with van der Waals surface area (Å²) in [5, 5.41) is 3.35. The molecule has 3 nitrogen and oxygen atoms in total. The minimum atomic E-state index is -0.254. The fraction of sp³-hybridized carbons (Fsp3) is 0.750. The monoisotopic (exact) mass is 245 g/mol. The Bertz CT molecular complexity index is 229. The first-order chi connectivity index (χ1) is 7.61. The zero-order chi connectivity index (χ0) is 12.4. The van der Waals surface area contributed by atoms with Crippen LogP contribution >= 0.6 is 11.8 Å². The van der Waals surface area contributed by atoms with Crippen LogP contribution in [0.25, 0.3) is 0 Å². The average molecular weight is 245 g/mol. The fourth-order valence-electron chi connectivity index (χ4n) is 1.16. The summed E-state index contributed by atoms with van der Waals surface area (Å²) in [4.78, 5) is 11.1. The lowest BCUT2D eigenvalue weighted by atomic mass is 10.2. The molecule has 0 saturated carbocycles. The molecule has 0 saturated heterocycles. The number of ether oxygens (including phenoxy) is 1. The quantitative estimate of drug-likeness (QED) is 0.404. The number of rotatable bonds is 8. The number of thioether (sulfide) groups is 1. The van der Waals surface area contributed by atoms with Crippen LogP contribution in [0.2, 0.25) is 0 Å². The lowest BCUT2D eigenvalue weighted by Crippen LogP contribution is -2.27. The largest absolute Gasteiger partial charge is 0.466 e. The Hall–Kier alpha value is -0.480. The number of hydrogen-bond acceptors (Lipinski definition) is 4. The summed E-state index contributed by atoms with van der Waals surface area (Å²) in [5.74, 6) is 2.11. The molecule has 0 fully saturated rings. The highest BCUT2D eigenvalue weighted by Gasteiger charge is 2.03.